The molecule has 3 aromatic carbocycles. The number of nitro groups is 1. The molecule has 9 nitrogen and oxygen atoms in total. The van der Waals surface area contributed by atoms with Crippen LogP contribution in [0.25, 0.3) is 10.9 Å². The third-order valence-electron chi connectivity index (χ3n) is 5.57. The van der Waals surface area contributed by atoms with Crippen LogP contribution in [0.4, 0.5) is 5.69 Å². The van der Waals surface area contributed by atoms with Crippen molar-refractivity contribution in [2.45, 2.75) is 32.8 Å². The topological polar surface area (TPSA) is 109 Å². The van der Waals surface area contributed by atoms with E-state index in [9.17, 15) is 14.9 Å². The second-order valence-electron chi connectivity index (χ2n) is 9.45. The SMILES string of the molecule is COc1cc(C=Nn2c(C(C)(C)C)nc3ccc(Br)cc3c2=O)cc([N+](=O)[O-])c1OCc1ccc(Cl)cc1. The molecule has 0 aliphatic carbocycles. The first-order chi connectivity index (χ1) is 18.0. The number of aromatic nitrogens is 2. The van der Waals surface area contributed by atoms with E-state index in [1.165, 1.54) is 24.1 Å². The monoisotopic (exact) mass is 598 g/mol. The van der Waals surface area contributed by atoms with Crippen LogP contribution in [0.15, 0.2) is 69.0 Å². The summed E-state index contributed by atoms with van der Waals surface area (Å²) in [5, 5.41) is 17.3. The lowest BCUT2D eigenvalue weighted by Gasteiger charge is -2.20. The number of methoxy groups -OCH3 is 1. The maximum atomic E-state index is 13.4. The van der Waals surface area contributed by atoms with Gasteiger partial charge in [0, 0.05) is 26.5 Å². The first-order valence-corrected chi connectivity index (χ1v) is 12.7. The van der Waals surface area contributed by atoms with Gasteiger partial charge in [0.05, 0.1) is 29.2 Å². The second kappa shape index (κ2) is 10.9. The van der Waals surface area contributed by atoms with Gasteiger partial charge in [-0.1, -0.05) is 60.4 Å². The maximum absolute atomic E-state index is 13.4. The van der Waals surface area contributed by atoms with Crippen molar-refractivity contribution >= 4 is 50.3 Å². The summed E-state index contributed by atoms with van der Waals surface area (Å²) in [7, 11) is 1.39. The van der Waals surface area contributed by atoms with E-state index in [1.54, 1.807) is 42.5 Å². The zero-order valence-corrected chi connectivity index (χ0v) is 23.4. The number of halogens is 2. The van der Waals surface area contributed by atoms with Crippen LogP contribution in [0.2, 0.25) is 5.02 Å². The molecule has 0 unspecified atom stereocenters. The van der Waals surface area contributed by atoms with Gasteiger partial charge in [-0.2, -0.15) is 9.78 Å². The molecule has 0 bridgehead atoms. The molecule has 0 saturated heterocycles. The summed E-state index contributed by atoms with van der Waals surface area (Å²) in [6, 6.07) is 15.1. The molecule has 0 aliphatic heterocycles. The molecule has 0 fully saturated rings. The van der Waals surface area contributed by atoms with Crippen LogP contribution in [-0.2, 0) is 12.0 Å². The van der Waals surface area contributed by atoms with Gasteiger partial charge in [-0.25, -0.2) is 4.98 Å². The van der Waals surface area contributed by atoms with Gasteiger partial charge in [0.15, 0.2) is 5.75 Å². The number of rotatable bonds is 7. The molecule has 38 heavy (non-hydrogen) atoms. The number of nitro benzene ring substituents is 1. The summed E-state index contributed by atoms with van der Waals surface area (Å²) >= 11 is 9.31. The molecule has 0 radical (unpaired) electrons. The summed E-state index contributed by atoms with van der Waals surface area (Å²) in [4.78, 5) is 29.4. The highest BCUT2D eigenvalue weighted by atomic mass is 79.9. The Bertz CT molecular complexity index is 1610. The van der Waals surface area contributed by atoms with Crippen molar-refractivity contribution in [3.8, 4) is 11.5 Å². The molecule has 1 aromatic heterocycles. The average Bonchev–Trinajstić information content (AvgIpc) is 2.87. The molecule has 0 saturated carbocycles. The van der Waals surface area contributed by atoms with Crippen molar-refractivity contribution in [2.24, 2.45) is 5.10 Å². The fourth-order valence-electron chi connectivity index (χ4n) is 3.72. The van der Waals surface area contributed by atoms with Gasteiger partial charge in [-0.15, -0.1) is 0 Å². The number of hydrogen-bond acceptors (Lipinski definition) is 7. The molecule has 0 aliphatic rings. The minimum atomic E-state index is -0.557. The van der Waals surface area contributed by atoms with Gasteiger partial charge in [0.2, 0.25) is 5.75 Å². The molecular formula is C27H24BrClN4O5. The molecular weight excluding hydrogens is 576 g/mol. The molecule has 4 aromatic rings. The minimum Gasteiger partial charge on any atom is -0.493 e. The molecule has 0 spiro atoms. The summed E-state index contributed by atoms with van der Waals surface area (Å²) in [5.41, 5.74) is 0.495. The van der Waals surface area contributed by atoms with Crippen LogP contribution in [0.5, 0.6) is 11.5 Å². The maximum Gasteiger partial charge on any atom is 0.315 e. The lowest BCUT2D eigenvalue weighted by atomic mass is 9.95. The van der Waals surface area contributed by atoms with Crippen LogP contribution in [0.3, 0.4) is 0 Å². The van der Waals surface area contributed by atoms with E-state index in [0.717, 1.165) is 10.0 Å². The van der Waals surface area contributed by atoms with E-state index >= 15 is 0 Å². The highest BCUT2D eigenvalue weighted by Crippen LogP contribution is 2.38. The lowest BCUT2D eigenvalue weighted by molar-refractivity contribution is -0.386. The Morgan fingerprint density at radius 1 is 1.16 bits per heavy atom. The Morgan fingerprint density at radius 2 is 1.87 bits per heavy atom. The predicted octanol–water partition coefficient (Wildman–Crippen LogP) is 6.49. The highest BCUT2D eigenvalue weighted by molar-refractivity contribution is 9.10. The summed E-state index contributed by atoms with van der Waals surface area (Å²) < 4.78 is 13.1. The van der Waals surface area contributed by atoms with E-state index in [1.807, 2.05) is 26.8 Å². The standard InChI is InChI=1S/C27H24BrClN4O5/c1-27(2,3)26-31-21-10-7-18(28)13-20(21)25(34)32(26)30-14-17-11-22(33(35)36)24(23(12-17)37-4)38-15-16-5-8-19(29)9-6-16/h5-14H,15H2,1-4H3. The van der Waals surface area contributed by atoms with Gasteiger partial charge in [-0.3, -0.25) is 14.9 Å². The number of hydrogen-bond donors (Lipinski definition) is 0. The smallest absolute Gasteiger partial charge is 0.315 e. The summed E-state index contributed by atoms with van der Waals surface area (Å²) in [5.74, 6) is 0.575. The number of fused-ring (bicyclic) bond motifs is 1. The van der Waals surface area contributed by atoms with Crippen LogP contribution < -0.4 is 15.0 Å². The highest BCUT2D eigenvalue weighted by Gasteiger charge is 2.24. The Balaban J connectivity index is 1.77. The van der Waals surface area contributed by atoms with Crippen molar-refractivity contribution in [3.05, 3.63) is 102 Å². The molecule has 1 heterocycles. The Kier molecular flexibility index (Phi) is 7.84. The van der Waals surface area contributed by atoms with Crippen molar-refractivity contribution in [1.82, 2.24) is 9.66 Å². The molecule has 0 atom stereocenters. The van der Waals surface area contributed by atoms with E-state index in [0.29, 0.717) is 27.3 Å². The zero-order chi connectivity index (χ0) is 27.6. The average molecular weight is 600 g/mol. The first kappa shape index (κ1) is 27.3. The Labute approximate surface area is 232 Å². The van der Waals surface area contributed by atoms with Gasteiger partial charge < -0.3 is 9.47 Å². The zero-order valence-electron chi connectivity index (χ0n) is 21.1. The summed E-state index contributed by atoms with van der Waals surface area (Å²) in [6.45, 7) is 5.84. The minimum absolute atomic E-state index is 0.0191. The Morgan fingerprint density at radius 3 is 2.50 bits per heavy atom. The van der Waals surface area contributed by atoms with Crippen molar-refractivity contribution in [1.29, 1.82) is 0 Å². The van der Waals surface area contributed by atoms with Crippen LogP contribution in [0, 0.1) is 10.1 Å². The summed E-state index contributed by atoms with van der Waals surface area (Å²) in [6.07, 6.45) is 1.36. The number of benzene rings is 3. The van der Waals surface area contributed by atoms with E-state index in [4.69, 9.17) is 21.1 Å². The first-order valence-electron chi connectivity index (χ1n) is 11.5. The molecule has 4 rings (SSSR count). The number of ether oxygens (including phenoxy) is 2. The number of nitrogens with zero attached hydrogens (tertiary/aromatic N) is 4. The predicted molar refractivity (Wildman–Crippen MR) is 151 cm³/mol. The van der Waals surface area contributed by atoms with Crippen LogP contribution >= 0.6 is 27.5 Å². The van der Waals surface area contributed by atoms with Crippen molar-refractivity contribution in [2.75, 3.05) is 7.11 Å². The molecule has 196 valence electrons. The van der Waals surface area contributed by atoms with Gasteiger partial charge in [0.25, 0.3) is 5.56 Å². The van der Waals surface area contributed by atoms with Crippen molar-refractivity contribution < 1.29 is 14.4 Å². The molecule has 11 heteroatoms. The van der Waals surface area contributed by atoms with Crippen LogP contribution in [-0.4, -0.2) is 27.9 Å². The molecule has 0 N–H and O–H groups in total. The fourth-order valence-corrected chi connectivity index (χ4v) is 4.20. The van der Waals surface area contributed by atoms with E-state index in [-0.39, 0.29) is 29.4 Å². The third-order valence-corrected chi connectivity index (χ3v) is 6.32. The van der Waals surface area contributed by atoms with Gasteiger partial charge in [-0.05, 0) is 42.0 Å². The third kappa shape index (κ3) is 5.87. The quantitative estimate of drug-likeness (QED) is 0.137. The Hall–Kier alpha value is -3.76. The largest absolute Gasteiger partial charge is 0.493 e. The second-order valence-corrected chi connectivity index (χ2v) is 10.8. The van der Waals surface area contributed by atoms with Gasteiger partial charge in [0.1, 0.15) is 12.4 Å². The molecule has 0 amide bonds. The van der Waals surface area contributed by atoms with Crippen molar-refractivity contribution in [3.63, 3.8) is 0 Å². The van der Waals surface area contributed by atoms with Gasteiger partial charge >= 0.3 is 5.69 Å². The lowest BCUT2D eigenvalue weighted by Crippen LogP contribution is -2.29. The fraction of sp³-hybridized carbons (Fsp3) is 0.222. The van der Waals surface area contributed by atoms with E-state index < -0.39 is 10.3 Å². The normalized spacial score (nSPS) is 11.7. The van der Waals surface area contributed by atoms with E-state index in [2.05, 4.69) is 26.0 Å². The van der Waals surface area contributed by atoms with Crippen LogP contribution in [0.1, 0.15) is 37.7 Å².